The van der Waals surface area contributed by atoms with Gasteiger partial charge in [-0.1, -0.05) is 18.2 Å². The van der Waals surface area contributed by atoms with E-state index in [1.54, 1.807) is 42.1 Å². The molecule has 1 aromatic rings. The van der Waals surface area contributed by atoms with Crippen molar-refractivity contribution >= 4 is 21.8 Å². The molecule has 0 bridgehead atoms. The van der Waals surface area contributed by atoms with Crippen molar-refractivity contribution in [1.82, 2.24) is 20.5 Å². The maximum atomic E-state index is 12.3. The summed E-state index contributed by atoms with van der Waals surface area (Å²) in [5.41, 5.74) is 3.36. The van der Waals surface area contributed by atoms with Gasteiger partial charge in [0.15, 0.2) is 0 Å². The van der Waals surface area contributed by atoms with Gasteiger partial charge in [-0.2, -0.15) is 0 Å². The van der Waals surface area contributed by atoms with Crippen molar-refractivity contribution in [2.24, 2.45) is 0 Å². The lowest BCUT2D eigenvalue weighted by Gasteiger charge is -2.26. The molecule has 0 spiro atoms. The number of hydrogen-bond acceptors (Lipinski definition) is 6. The van der Waals surface area contributed by atoms with Gasteiger partial charge in [0.1, 0.15) is 5.82 Å². The topological polar surface area (TPSA) is 73.5 Å². The molecule has 2 aliphatic rings. The van der Waals surface area contributed by atoms with Gasteiger partial charge in [0.2, 0.25) is 0 Å². The Morgan fingerprint density at radius 1 is 1.29 bits per heavy atom. The summed E-state index contributed by atoms with van der Waals surface area (Å²) in [5, 5.41) is 6.97. The lowest BCUT2D eigenvalue weighted by molar-refractivity contribution is 0.245. The van der Waals surface area contributed by atoms with Crippen LogP contribution in [0.2, 0.25) is 0 Å². The van der Waals surface area contributed by atoms with Crippen molar-refractivity contribution in [3.63, 3.8) is 0 Å². The Kier molecular flexibility index (Phi) is 4.39. The van der Waals surface area contributed by atoms with Crippen molar-refractivity contribution in [2.45, 2.75) is 17.4 Å². The maximum Gasteiger partial charge on any atom is 0.263 e. The zero-order chi connectivity index (χ0) is 14.7. The van der Waals surface area contributed by atoms with Crippen LogP contribution in [-0.2, 0) is 10.0 Å². The van der Waals surface area contributed by atoms with E-state index in [0.29, 0.717) is 17.7 Å². The van der Waals surface area contributed by atoms with Gasteiger partial charge in [-0.3, -0.25) is 9.73 Å². The van der Waals surface area contributed by atoms with Crippen molar-refractivity contribution in [3.8, 4) is 0 Å². The number of benzene rings is 1. The summed E-state index contributed by atoms with van der Waals surface area (Å²) in [6.07, 6.45) is 1.04. The fourth-order valence-electron chi connectivity index (χ4n) is 2.29. The normalized spacial score (nSPS) is 22.4. The Hall–Kier alpha value is -1.22. The highest BCUT2D eigenvalue weighted by Crippen LogP contribution is 2.22. The smallest absolute Gasteiger partial charge is 0.263 e. The molecule has 6 nitrogen and oxygen atoms in total. The Morgan fingerprint density at radius 2 is 2.10 bits per heavy atom. The van der Waals surface area contributed by atoms with Crippen LogP contribution in [0.5, 0.6) is 0 Å². The standard InChI is InChI=1S/C13H18N4O2S2/c18-21(19,12-4-2-1-3-5-12)16-13-9-20-10-17(13)15-11-6-7-14-8-11/h1-5,9,11,14-16H,6-8,10H2/t11-/m0/s1. The first-order valence-corrected chi connectivity index (χ1v) is 9.32. The fourth-order valence-corrected chi connectivity index (χ4v) is 4.22. The fraction of sp³-hybridized carbons (Fsp3) is 0.385. The number of sulfonamides is 1. The van der Waals surface area contributed by atoms with Gasteiger partial charge in [-0.15, -0.1) is 11.8 Å². The molecule has 2 heterocycles. The van der Waals surface area contributed by atoms with Crippen LogP contribution in [0.15, 0.2) is 46.5 Å². The molecule has 1 aromatic carbocycles. The predicted molar refractivity (Wildman–Crippen MR) is 83.6 cm³/mol. The van der Waals surface area contributed by atoms with E-state index in [2.05, 4.69) is 15.5 Å². The molecule has 3 rings (SSSR count). The summed E-state index contributed by atoms with van der Waals surface area (Å²) in [6, 6.07) is 8.74. The molecule has 2 aliphatic heterocycles. The number of nitrogens with one attached hydrogen (secondary N) is 3. The third-order valence-corrected chi connectivity index (χ3v) is 5.55. The summed E-state index contributed by atoms with van der Waals surface area (Å²) >= 11 is 1.56. The van der Waals surface area contributed by atoms with Gasteiger partial charge in [0.05, 0.1) is 10.8 Å². The lowest BCUT2D eigenvalue weighted by atomic mass is 10.3. The quantitative estimate of drug-likeness (QED) is 0.737. The minimum atomic E-state index is -3.54. The van der Waals surface area contributed by atoms with Crippen LogP contribution in [0.1, 0.15) is 6.42 Å². The number of hydrogen-bond donors (Lipinski definition) is 3. The summed E-state index contributed by atoms with van der Waals surface area (Å²) in [6.45, 7) is 1.90. The average Bonchev–Trinajstić information content (AvgIpc) is 3.13. The molecular weight excluding hydrogens is 308 g/mol. The first kappa shape index (κ1) is 14.7. The molecule has 0 aliphatic carbocycles. The molecule has 1 fully saturated rings. The first-order chi connectivity index (χ1) is 10.1. The monoisotopic (exact) mass is 326 g/mol. The van der Waals surface area contributed by atoms with E-state index in [1.165, 1.54) is 0 Å². The van der Waals surface area contributed by atoms with Crippen molar-refractivity contribution < 1.29 is 8.42 Å². The van der Waals surface area contributed by atoms with Crippen LogP contribution in [-0.4, -0.2) is 38.4 Å². The van der Waals surface area contributed by atoms with Gasteiger partial charge >= 0.3 is 0 Å². The third kappa shape index (κ3) is 3.52. The average molecular weight is 326 g/mol. The van der Waals surface area contributed by atoms with Crippen molar-refractivity contribution in [2.75, 3.05) is 19.0 Å². The van der Waals surface area contributed by atoms with Gasteiger partial charge < -0.3 is 5.32 Å². The van der Waals surface area contributed by atoms with Crippen LogP contribution in [0.25, 0.3) is 0 Å². The van der Waals surface area contributed by atoms with Crippen molar-refractivity contribution in [3.05, 3.63) is 41.6 Å². The summed E-state index contributed by atoms with van der Waals surface area (Å²) in [7, 11) is -3.54. The zero-order valence-electron chi connectivity index (χ0n) is 11.5. The summed E-state index contributed by atoms with van der Waals surface area (Å²) in [4.78, 5) is 0.269. The molecule has 0 amide bonds. The lowest BCUT2D eigenvalue weighted by Crippen LogP contribution is -2.47. The molecular formula is C13H18N4O2S2. The number of hydrazine groups is 1. The second-order valence-corrected chi connectivity index (χ2v) is 7.47. The molecule has 0 radical (unpaired) electrons. The van der Waals surface area contributed by atoms with Crippen LogP contribution in [0, 0.1) is 0 Å². The largest absolute Gasteiger partial charge is 0.315 e. The van der Waals surface area contributed by atoms with Gasteiger partial charge in [-0.25, -0.2) is 13.8 Å². The summed E-state index contributed by atoms with van der Waals surface area (Å²) in [5.74, 6) is 1.28. The molecule has 3 N–H and O–H groups in total. The number of nitrogens with zero attached hydrogens (tertiary/aromatic N) is 1. The summed E-state index contributed by atoms with van der Waals surface area (Å²) < 4.78 is 27.3. The Balaban J connectivity index is 1.68. The SMILES string of the molecule is O=S(=O)(NC1=CSCN1N[C@H]1CCNC1)c1ccccc1. The zero-order valence-corrected chi connectivity index (χ0v) is 13.1. The van der Waals surface area contributed by atoms with E-state index < -0.39 is 10.0 Å². The van der Waals surface area contributed by atoms with E-state index >= 15 is 0 Å². The first-order valence-electron chi connectivity index (χ1n) is 6.79. The second-order valence-electron chi connectivity index (χ2n) is 4.96. The second kappa shape index (κ2) is 6.27. The van der Waals surface area contributed by atoms with Gasteiger partial charge in [0, 0.05) is 18.0 Å². The van der Waals surface area contributed by atoms with E-state index in [0.717, 1.165) is 19.5 Å². The molecule has 21 heavy (non-hydrogen) atoms. The molecule has 1 atom stereocenters. The van der Waals surface area contributed by atoms with Crippen LogP contribution in [0.3, 0.4) is 0 Å². The van der Waals surface area contributed by atoms with E-state index in [-0.39, 0.29) is 4.90 Å². The van der Waals surface area contributed by atoms with E-state index in [4.69, 9.17) is 0 Å². The minimum absolute atomic E-state index is 0.269. The highest BCUT2D eigenvalue weighted by Gasteiger charge is 2.25. The number of rotatable bonds is 5. The highest BCUT2D eigenvalue weighted by molar-refractivity contribution is 8.02. The molecule has 0 saturated carbocycles. The predicted octanol–water partition coefficient (Wildman–Crippen LogP) is 0.637. The van der Waals surface area contributed by atoms with Crippen LogP contribution < -0.4 is 15.5 Å². The Morgan fingerprint density at radius 3 is 2.81 bits per heavy atom. The van der Waals surface area contributed by atoms with E-state index in [9.17, 15) is 8.42 Å². The Bertz CT molecular complexity index is 612. The highest BCUT2D eigenvalue weighted by atomic mass is 32.2. The van der Waals surface area contributed by atoms with Crippen LogP contribution >= 0.6 is 11.8 Å². The molecule has 114 valence electrons. The molecule has 1 saturated heterocycles. The molecule has 0 aromatic heterocycles. The van der Waals surface area contributed by atoms with Gasteiger partial charge in [-0.05, 0) is 25.1 Å². The molecule has 0 unspecified atom stereocenters. The Labute approximate surface area is 129 Å². The van der Waals surface area contributed by atoms with Crippen molar-refractivity contribution in [1.29, 1.82) is 0 Å². The number of thioether (sulfide) groups is 1. The molecule has 8 heteroatoms. The van der Waals surface area contributed by atoms with E-state index in [1.807, 2.05) is 10.4 Å². The minimum Gasteiger partial charge on any atom is -0.315 e. The maximum absolute atomic E-state index is 12.3. The van der Waals surface area contributed by atoms with Gasteiger partial charge in [0.25, 0.3) is 10.0 Å². The third-order valence-electron chi connectivity index (χ3n) is 3.38. The van der Waals surface area contributed by atoms with Crippen LogP contribution in [0.4, 0.5) is 0 Å².